The Hall–Kier alpha value is -1.87. The van der Waals surface area contributed by atoms with Crippen molar-refractivity contribution < 1.29 is 24.2 Å². The quantitative estimate of drug-likeness (QED) is 0.339. The topological polar surface area (TPSA) is 114 Å². The SMILES string of the molecule is COCCCOc1ccccc1C(=O)NC[C@@H](C[C@H](N)[C@@H](O)CN1CCCCC1=O)C(C)C.Cl. The Morgan fingerprint density at radius 2 is 1.97 bits per heavy atom. The highest BCUT2D eigenvalue weighted by molar-refractivity contribution is 5.96. The van der Waals surface area contributed by atoms with E-state index in [0.29, 0.717) is 50.5 Å². The van der Waals surface area contributed by atoms with Crippen molar-refractivity contribution in [3.05, 3.63) is 29.8 Å². The molecule has 1 aromatic carbocycles. The first-order valence-electron chi connectivity index (χ1n) is 12.0. The van der Waals surface area contributed by atoms with Crippen LogP contribution in [0.1, 0.15) is 56.3 Å². The number of likely N-dealkylation sites (tertiary alicyclic amines) is 1. The Labute approximate surface area is 210 Å². The van der Waals surface area contributed by atoms with E-state index in [1.54, 1.807) is 24.1 Å². The Kier molecular flexibility index (Phi) is 14.1. The second-order valence-corrected chi connectivity index (χ2v) is 9.17. The molecule has 0 saturated carbocycles. The van der Waals surface area contributed by atoms with Crippen molar-refractivity contribution in [2.75, 3.05) is 40.0 Å². The molecule has 3 atom stereocenters. The number of methoxy groups -OCH3 is 1. The largest absolute Gasteiger partial charge is 0.493 e. The summed E-state index contributed by atoms with van der Waals surface area (Å²) in [6.45, 7) is 6.62. The maximum absolute atomic E-state index is 12.9. The van der Waals surface area contributed by atoms with E-state index < -0.39 is 12.1 Å². The summed E-state index contributed by atoms with van der Waals surface area (Å²) < 4.78 is 10.8. The molecule has 2 amide bonds. The summed E-state index contributed by atoms with van der Waals surface area (Å²) in [5, 5.41) is 13.6. The molecule has 1 heterocycles. The molecule has 9 heteroatoms. The number of rotatable bonds is 14. The number of halogens is 1. The van der Waals surface area contributed by atoms with E-state index in [9.17, 15) is 14.7 Å². The van der Waals surface area contributed by atoms with Crippen LogP contribution in [-0.2, 0) is 9.53 Å². The van der Waals surface area contributed by atoms with E-state index >= 15 is 0 Å². The van der Waals surface area contributed by atoms with E-state index in [2.05, 4.69) is 19.2 Å². The lowest BCUT2D eigenvalue weighted by Gasteiger charge is -2.32. The number of β-amino-alcohol motifs (C(OH)–C–C–N with tert-alkyl or cyclic N) is 1. The molecule has 0 radical (unpaired) electrons. The van der Waals surface area contributed by atoms with Gasteiger partial charge >= 0.3 is 0 Å². The first-order chi connectivity index (χ1) is 15.8. The molecule has 0 spiro atoms. The number of aliphatic hydroxyl groups is 1. The van der Waals surface area contributed by atoms with Crippen molar-refractivity contribution in [3.8, 4) is 5.75 Å². The number of hydrogen-bond acceptors (Lipinski definition) is 6. The van der Waals surface area contributed by atoms with Gasteiger partial charge in [-0.3, -0.25) is 9.59 Å². The van der Waals surface area contributed by atoms with Crippen LogP contribution in [0.3, 0.4) is 0 Å². The smallest absolute Gasteiger partial charge is 0.255 e. The molecule has 2 rings (SSSR count). The van der Waals surface area contributed by atoms with Gasteiger partial charge < -0.3 is 30.5 Å². The van der Waals surface area contributed by atoms with Gasteiger partial charge in [0.15, 0.2) is 0 Å². The standard InChI is InChI=1S/C25H41N3O5.ClH/c1-18(2)19(15-21(26)22(29)17-28-12-7-6-11-24(28)30)16-27-25(31)20-9-4-5-10-23(20)33-14-8-13-32-3;/h4-5,9-10,18-19,21-22,29H,6-8,11-17,26H2,1-3H3,(H,27,31);1H/t19-,21+,22+;/m1./s1. The monoisotopic (exact) mass is 499 g/mol. The minimum absolute atomic E-state index is 0. The third kappa shape index (κ3) is 9.78. The molecule has 0 unspecified atom stereocenters. The van der Waals surface area contributed by atoms with Crippen LogP contribution in [0.2, 0.25) is 0 Å². The summed E-state index contributed by atoms with van der Waals surface area (Å²) >= 11 is 0. The Balaban J connectivity index is 0.00000578. The van der Waals surface area contributed by atoms with Gasteiger partial charge in [-0.2, -0.15) is 0 Å². The summed E-state index contributed by atoms with van der Waals surface area (Å²) in [5.74, 6) is 0.788. The average Bonchev–Trinajstić information content (AvgIpc) is 2.80. The van der Waals surface area contributed by atoms with Crippen LogP contribution < -0.4 is 15.8 Å². The Morgan fingerprint density at radius 1 is 1.24 bits per heavy atom. The maximum Gasteiger partial charge on any atom is 0.255 e. The fourth-order valence-electron chi connectivity index (χ4n) is 4.00. The van der Waals surface area contributed by atoms with E-state index in [4.69, 9.17) is 15.2 Å². The average molecular weight is 500 g/mol. The molecule has 1 saturated heterocycles. The maximum atomic E-state index is 12.9. The van der Waals surface area contributed by atoms with Crippen LogP contribution in [0, 0.1) is 11.8 Å². The number of amides is 2. The van der Waals surface area contributed by atoms with Gasteiger partial charge in [-0.1, -0.05) is 26.0 Å². The summed E-state index contributed by atoms with van der Waals surface area (Å²) in [4.78, 5) is 26.6. The normalized spacial score (nSPS) is 16.5. The van der Waals surface area contributed by atoms with Crippen molar-refractivity contribution in [2.24, 2.45) is 17.6 Å². The van der Waals surface area contributed by atoms with Gasteiger partial charge in [-0.15, -0.1) is 12.4 Å². The van der Waals surface area contributed by atoms with Gasteiger partial charge in [-0.25, -0.2) is 0 Å². The Bertz CT molecular complexity index is 749. The molecule has 34 heavy (non-hydrogen) atoms. The number of nitrogens with one attached hydrogen (secondary N) is 1. The van der Waals surface area contributed by atoms with Crippen LogP contribution in [-0.4, -0.2) is 73.9 Å². The van der Waals surface area contributed by atoms with Crippen LogP contribution in [0.4, 0.5) is 0 Å². The van der Waals surface area contributed by atoms with Crippen LogP contribution >= 0.6 is 12.4 Å². The second kappa shape index (κ2) is 15.9. The molecule has 1 aromatic rings. The third-order valence-electron chi connectivity index (χ3n) is 6.25. The summed E-state index contributed by atoms with van der Waals surface area (Å²) in [5.41, 5.74) is 6.80. The number of nitrogens with two attached hydrogens (primary N) is 1. The molecule has 0 bridgehead atoms. The Morgan fingerprint density at radius 3 is 2.65 bits per heavy atom. The van der Waals surface area contributed by atoms with Gasteiger partial charge in [0.1, 0.15) is 5.75 Å². The van der Waals surface area contributed by atoms with Gasteiger partial charge in [0.25, 0.3) is 5.91 Å². The molecule has 8 nitrogen and oxygen atoms in total. The first-order valence-corrected chi connectivity index (χ1v) is 12.0. The first kappa shape index (κ1) is 30.2. The highest BCUT2D eigenvalue weighted by atomic mass is 35.5. The minimum Gasteiger partial charge on any atom is -0.493 e. The van der Waals surface area contributed by atoms with Gasteiger partial charge in [0, 0.05) is 52.2 Å². The number of nitrogens with zero attached hydrogens (tertiary/aromatic N) is 1. The molecule has 4 N–H and O–H groups in total. The van der Waals surface area contributed by atoms with Gasteiger partial charge in [0.2, 0.25) is 5.91 Å². The number of hydrogen-bond donors (Lipinski definition) is 3. The fraction of sp³-hybridized carbons (Fsp3) is 0.680. The number of carbonyl (C=O) groups is 2. The molecule has 1 fully saturated rings. The van der Waals surface area contributed by atoms with E-state index in [0.717, 1.165) is 19.3 Å². The molecule has 0 aromatic heterocycles. The van der Waals surface area contributed by atoms with Crippen molar-refractivity contribution in [1.82, 2.24) is 10.2 Å². The lowest BCUT2D eigenvalue weighted by atomic mass is 9.87. The summed E-state index contributed by atoms with van der Waals surface area (Å²) in [7, 11) is 1.64. The molecule has 0 aliphatic carbocycles. The summed E-state index contributed by atoms with van der Waals surface area (Å²) in [6, 6.07) is 6.71. The molecule has 194 valence electrons. The van der Waals surface area contributed by atoms with Crippen LogP contribution in [0.5, 0.6) is 5.75 Å². The second-order valence-electron chi connectivity index (χ2n) is 9.17. The number of ether oxygens (including phenoxy) is 2. The van der Waals surface area contributed by atoms with Gasteiger partial charge in [-0.05, 0) is 43.2 Å². The summed E-state index contributed by atoms with van der Waals surface area (Å²) in [6.07, 6.45) is 2.92. The zero-order valence-corrected chi connectivity index (χ0v) is 21.5. The fourth-order valence-corrected chi connectivity index (χ4v) is 4.00. The minimum atomic E-state index is -0.787. The zero-order valence-electron chi connectivity index (χ0n) is 20.7. The lowest BCUT2D eigenvalue weighted by Crippen LogP contribution is -2.48. The number of aliphatic hydroxyl groups excluding tert-OH is 1. The van der Waals surface area contributed by atoms with E-state index in [1.165, 1.54) is 0 Å². The van der Waals surface area contributed by atoms with Crippen molar-refractivity contribution in [2.45, 2.75) is 58.1 Å². The number of piperidine rings is 1. The molecule has 1 aliphatic rings. The number of carbonyl (C=O) groups excluding carboxylic acids is 2. The lowest BCUT2D eigenvalue weighted by molar-refractivity contribution is -0.135. The van der Waals surface area contributed by atoms with Crippen LogP contribution in [0.15, 0.2) is 24.3 Å². The molecular formula is C25H42ClN3O5. The number of para-hydroxylation sites is 1. The molecule has 1 aliphatic heterocycles. The molecular weight excluding hydrogens is 458 g/mol. The van der Waals surface area contributed by atoms with E-state index in [-0.39, 0.29) is 42.6 Å². The highest BCUT2D eigenvalue weighted by Crippen LogP contribution is 2.21. The number of benzene rings is 1. The predicted molar refractivity (Wildman–Crippen MR) is 135 cm³/mol. The van der Waals surface area contributed by atoms with E-state index in [1.807, 2.05) is 12.1 Å². The van der Waals surface area contributed by atoms with Crippen molar-refractivity contribution >= 4 is 24.2 Å². The van der Waals surface area contributed by atoms with Crippen molar-refractivity contribution in [1.29, 1.82) is 0 Å². The van der Waals surface area contributed by atoms with Crippen LogP contribution in [0.25, 0.3) is 0 Å². The van der Waals surface area contributed by atoms with Crippen molar-refractivity contribution in [3.63, 3.8) is 0 Å². The zero-order chi connectivity index (χ0) is 24.2. The third-order valence-corrected chi connectivity index (χ3v) is 6.25. The van der Waals surface area contributed by atoms with Gasteiger partial charge in [0.05, 0.1) is 18.3 Å². The predicted octanol–water partition coefficient (Wildman–Crippen LogP) is 2.62. The highest BCUT2D eigenvalue weighted by Gasteiger charge is 2.27.